The van der Waals surface area contributed by atoms with Gasteiger partial charge in [0.25, 0.3) is 0 Å². The van der Waals surface area contributed by atoms with E-state index >= 15 is 0 Å². The highest BCUT2D eigenvalue weighted by atomic mass is 16.4. The maximum atomic E-state index is 10.8. The molecule has 1 aliphatic carbocycles. The molecule has 0 aliphatic heterocycles. The molecule has 1 aromatic carbocycles. The van der Waals surface area contributed by atoms with Crippen LogP contribution in [-0.4, -0.2) is 23.2 Å². The molecule has 0 unspecified atom stereocenters. The fraction of sp³-hybridized carbons (Fsp3) is 0.533. The average Bonchev–Trinajstić information content (AvgIpc) is 2.40. The quantitative estimate of drug-likeness (QED) is 0.860. The van der Waals surface area contributed by atoms with E-state index in [1.807, 2.05) is 6.07 Å². The van der Waals surface area contributed by atoms with Crippen molar-refractivity contribution in [3.8, 4) is 0 Å². The van der Waals surface area contributed by atoms with E-state index in [-0.39, 0.29) is 0 Å². The summed E-state index contributed by atoms with van der Waals surface area (Å²) in [7, 11) is 0. The third-order valence-corrected chi connectivity index (χ3v) is 3.85. The van der Waals surface area contributed by atoms with Crippen LogP contribution in [0.4, 0.5) is 0 Å². The summed E-state index contributed by atoms with van der Waals surface area (Å²) in [6.07, 6.45) is 4.43. The van der Waals surface area contributed by atoms with Crippen LogP contribution < -0.4 is 5.32 Å². The van der Waals surface area contributed by atoms with E-state index in [1.165, 1.54) is 5.56 Å². The molecule has 0 aromatic heterocycles. The van der Waals surface area contributed by atoms with Crippen molar-refractivity contribution in [3.05, 3.63) is 35.9 Å². The molecular formula is C15H21NO2. The third-order valence-electron chi connectivity index (χ3n) is 3.85. The molecule has 0 spiro atoms. The van der Waals surface area contributed by atoms with Crippen LogP contribution in [0.25, 0.3) is 0 Å². The van der Waals surface area contributed by atoms with E-state index in [0.29, 0.717) is 12.0 Å². The molecule has 98 valence electrons. The number of hydrogen-bond donors (Lipinski definition) is 2. The van der Waals surface area contributed by atoms with Gasteiger partial charge in [-0.1, -0.05) is 30.3 Å². The third kappa shape index (κ3) is 3.33. The number of carbonyl (C=O) groups is 1. The van der Waals surface area contributed by atoms with Gasteiger partial charge in [0, 0.05) is 6.04 Å². The number of aliphatic carboxylic acids is 1. The summed E-state index contributed by atoms with van der Waals surface area (Å²) in [5.74, 6) is -0.121. The summed E-state index contributed by atoms with van der Waals surface area (Å²) >= 11 is 0. The lowest BCUT2D eigenvalue weighted by Crippen LogP contribution is -2.42. The van der Waals surface area contributed by atoms with Crippen LogP contribution in [0.5, 0.6) is 0 Å². The topological polar surface area (TPSA) is 49.3 Å². The Balaban J connectivity index is 1.83. The van der Waals surface area contributed by atoms with Gasteiger partial charge in [0.1, 0.15) is 6.04 Å². The highest BCUT2D eigenvalue weighted by Crippen LogP contribution is 2.32. The maximum absolute atomic E-state index is 10.8. The monoisotopic (exact) mass is 247 g/mol. The van der Waals surface area contributed by atoms with Crippen LogP contribution in [0.15, 0.2) is 30.3 Å². The van der Waals surface area contributed by atoms with E-state index in [1.54, 1.807) is 6.92 Å². The Morgan fingerprint density at radius 3 is 2.39 bits per heavy atom. The smallest absolute Gasteiger partial charge is 0.320 e. The maximum Gasteiger partial charge on any atom is 0.320 e. The molecule has 3 nitrogen and oxygen atoms in total. The van der Waals surface area contributed by atoms with Gasteiger partial charge < -0.3 is 10.4 Å². The first-order valence-corrected chi connectivity index (χ1v) is 6.70. The predicted molar refractivity (Wildman–Crippen MR) is 71.7 cm³/mol. The molecule has 0 bridgehead atoms. The molecule has 0 amide bonds. The molecule has 1 fully saturated rings. The Hall–Kier alpha value is -1.35. The van der Waals surface area contributed by atoms with Gasteiger partial charge in [0.2, 0.25) is 0 Å². The van der Waals surface area contributed by atoms with Crippen molar-refractivity contribution in [1.82, 2.24) is 5.32 Å². The van der Waals surface area contributed by atoms with Crippen molar-refractivity contribution < 1.29 is 9.90 Å². The number of benzene rings is 1. The van der Waals surface area contributed by atoms with Gasteiger partial charge in [-0.2, -0.15) is 0 Å². The van der Waals surface area contributed by atoms with Crippen LogP contribution in [-0.2, 0) is 4.79 Å². The molecule has 1 saturated carbocycles. The normalized spacial score (nSPS) is 25.6. The summed E-state index contributed by atoms with van der Waals surface area (Å²) in [6, 6.07) is 10.5. The van der Waals surface area contributed by atoms with E-state index in [2.05, 4.69) is 29.6 Å². The zero-order valence-electron chi connectivity index (χ0n) is 10.8. The lowest BCUT2D eigenvalue weighted by molar-refractivity contribution is -0.139. The molecule has 0 radical (unpaired) electrons. The van der Waals surface area contributed by atoms with Crippen molar-refractivity contribution in [2.45, 2.75) is 50.6 Å². The first kappa shape index (κ1) is 13.1. The minimum absolute atomic E-state index is 0.357. The van der Waals surface area contributed by atoms with Gasteiger partial charge >= 0.3 is 5.97 Å². The number of carboxylic acid groups (broad SMARTS) is 1. The molecule has 2 rings (SSSR count). The van der Waals surface area contributed by atoms with Gasteiger partial charge in [0.15, 0.2) is 0 Å². The lowest BCUT2D eigenvalue weighted by Gasteiger charge is -2.30. The molecule has 3 heteroatoms. The Morgan fingerprint density at radius 2 is 1.83 bits per heavy atom. The second kappa shape index (κ2) is 6.01. The fourth-order valence-electron chi connectivity index (χ4n) is 2.74. The lowest BCUT2D eigenvalue weighted by atomic mass is 9.81. The van der Waals surface area contributed by atoms with Crippen molar-refractivity contribution in [3.63, 3.8) is 0 Å². The van der Waals surface area contributed by atoms with Crippen LogP contribution in [0, 0.1) is 0 Å². The minimum Gasteiger partial charge on any atom is -0.480 e. The highest BCUT2D eigenvalue weighted by molar-refractivity contribution is 5.72. The Labute approximate surface area is 108 Å². The molecular weight excluding hydrogens is 226 g/mol. The number of rotatable bonds is 4. The second-order valence-electron chi connectivity index (χ2n) is 5.19. The first-order chi connectivity index (χ1) is 8.66. The molecule has 2 N–H and O–H groups in total. The van der Waals surface area contributed by atoms with E-state index in [4.69, 9.17) is 5.11 Å². The number of nitrogens with one attached hydrogen (secondary N) is 1. The molecule has 18 heavy (non-hydrogen) atoms. The van der Waals surface area contributed by atoms with Gasteiger partial charge in [-0.3, -0.25) is 4.79 Å². The van der Waals surface area contributed by atoms with Crippen LogP contribution in [0.2, 0.25) is 0 Å². The zero-order valence-corrected chi connectivity index (χ0v) is 10.8. The highest BCUT2D eigenvalue weighted by Gasteiger charge is 2.24. The van der Waals surface area contributed by atoms with Gasteiger partial charge in [-0.25, -0.2) is 0 Å². The van der Waals surface area contributed by atoms with Crippen LogP contribution in [0.3, 0.4) is 0 Å². The summed E-state index contributed by atoms with van der Waals surface area (Å²) in [4.78, 5) is 10.8. The molecule has 0 heterocycles. The molecule has 1 aromatic rings. The largest absolute Gasteiger partial charge is 0.480 e. The Morgan fingerprint density at radius 1 is 1.22 bits per heavy atom. The fourth-order valence-corrected chi connectivity index (χ4v) is 2.74. The molecule has 1 atom stereocenters. The van der Waals surface area contributed by atoms with E-state index in [0.717, 1.165) is 25.7 Å². The number of carboxylic acids is 1. The SMILES string of the molecule is C[C@H](NC1CCC(c2ccccc2)CC1)C(=O)O. The summed E-state index contributed by atoms with van der Waals surface area (Å²) in [5.41, 5.74) is 1.42. The predicted octanol–water partition coefficient (Wildman–Crippen LogP) is 2.78. The Kier molecular flexibility index (Phi) is 4.37. The van der Waals surface area contributed by atoms with E-state index < -0.39 is 12.0 Å². The average molecular weight is 247 g/mol. The minimum atomic E-state index is -0.764. The summed E-state index contributed by atoms with van der Waals surface area (Å²) in [5, 5.41) is 12.1. The van der Waals surface area contributed by atoms with Crippen LogP contribution >= 0.6 is 0 Å². The summed E-state index contributed by atoms with van der Waals surface area (Å²) in [6.45, 7) is 1.71. The second-order valence-corrected chi connectivity index (χ2v) is 5.19. The van der Waals surface area contributed by atoms with Crippen molar-refractivity contribution in [2.75, 3.05) is 0 Å². The van der Waals surface area contributed by atoms with Crippen molar-refractivity contribution in [1.29, 1.82) is 0 Å². The standard InChI is InChI=1S/C15H21NO2/c1-11(15(17)18)16-14-9-7-13(8-10-14)12-5-3-2-4-6-12/h2-6,11,13-14,16H,7-10H2,1H3,(H,17,18)/t11-,13?,14?/m0/s1. The first-order valence-electron chi connectivity index (χ1n) is 6.70. The summed E-state index contributed by atoms with van der Waals surface area (Å²) < 4.78 is 0. The van der Waals surface area contributed by atoms with Crippen molar-refractivity contribution in [2.24, 2.45) is 0 Å². The Bertz CT molecular complexity index is 383. The van der Waals surface area contributed by atoms with Gasteiger partial charge in [0.05, 0.1) is 0 Å². The van der Waals surface area contributed by atoms with Gasteiger partial charge in [-0.05, 0) is 44.1 Å². The molecule has 0 saturated heterocycles. The zero-order chi connectivity index (χ0) is 13.0. The van der Waals surface area contributed by atoms with Crippen molar-refractivity contribution >= 4 is 5.97 Å². The molecule has 1 aliphatic rings. The van der Waals surface area contributed by atoms with E-state index in [9.17, 15) is 4.79 Å². The number of hydrogen-bond acceptors (Lipinski definition) is 2. The van der Waals surface area contributed by atoms with Gasteiger partial charge in [-0.15, -0.1) is 0 Å². The van der Waals surface area contributed by atoms with Crippen LogP contribution in [0.1, 0.15) is 44.1 Å².